The first-order valence-corrected chi connectivity index (χ1v) is 9.26. The summed E-state index contributed by atoms with van der Waals surface area (Å²) in [5.74, 6) is -0.194. The van der Waals surface area contributed by atoms with Gasteiger partial charge < -0.3 is 19.8 Å². The number of ketones is 1. The van der Waals surface area contributed by atoms with Crippen molar-refractivity contribution in [3.63, 3.8) is 0 Å². The summed E-state index contributed by atoms with van der Waals surface area (Å²) < 4.78 is 11.3. The highest BCUT2D eigenvalue weighted by atomic mass is 16.6. The summed E-state index contributed by atoms with van der Waals surface area (Å²) in [7, 11) is 1.55. The topological polar surface area (TPSA) is 93.3 Å². The predicted molar refractivity (Wildman–Crippen MR) is 102 cm³/mol. The van der Waals surface area contributed by atoms with Gasteiger partial charge in [-0.3, -0.25) is 4.79 Å². The predicted octanol–water partition coefficient (Wildman–Crippen LogP) is 2.55. The highest BCUT2D eigenvalue weighted by Gasteiger charge is 2.48. The van der Waals surface area contributed by atoms with Crippen molar-refractivity contribution >= 4 is 22.8 Å². The van der Waals surface area contributed by atoms with Gasteiger partial charge in [-0.2, -0.15) is 0 Å². The molecule has 0 amide bonds. The van der Waals surface area contributed by atoms with E-state index in [9.17, 15) is 9.59 Å². The minimum absolute atomic E-state index is 0.281. The Morgan fingerprint density at radius 3 is 2.82 bits per heavy atom. The lowest BCUT2D eigenvalue weighted by atomic mass is 9.82. The molecule has 7 heteroatoms. The van der Waals surface area contributed by atoms with E-state index in [1.54, 1.807) is 25.4 Å². The number of hydrogen-bond donors (Lipinski definition) is 2. The largest absolute Gasteiger partial charge is 0.497 e. The molecule has 0 aliphatic carbocycles. The third-order valence-corrected chi connectivity index (χ3v) is 5.62. The molecule has 0 bridgehead atoms. The highest BCUT2D eigenvalue weighted by molar-refractivity contribution is 6.16. The third kappa shape index (κ3) is 2.43. The van der Waals surface area contributed by atoms with Crippen LogP contribution in [-0.2, 0) is 10.3 Å². The van der Waals surface area contributed by atoms with E-state index in [4.69, 9.17) is 9.47 Å². The number of piperidine rings is 1. The molecule has 2 aliphatic heterocycles. The Labute approximate surface area is 161 Å². The number of hydrogen-bond acceptors (Lipinski definition) is 6. The number of ether oxygens (including phenoxy) is 2. The fourth-order valence-corrected chi connectivity index (χ4v) is 4.20. The Morgan fingerprint density at radius 1 is 1.25 bits per heavy atom. The van der Waals surface area contributed by atoms with E-state index >= 15 is 0 Å². The number of H-pyrrole nitrogens is 1. The number of aromatic nitrogens is 2. The second-order valence-corrected chi connectivity index (χ2v) is 7.18. The van der Waals surface area contributed by atoms with E-state index in [-0.39, 0.29) is 5.78 Å². The lowest BCUT2D eigenvalue weighted by Gasteiger charge is -2.33. The summed E-state index contributed by atoms with van der Waals surface area (Å²) in [5, 5.41) is 4.12. The number of benzene rings is 1. The van der Waals surface area contributed by atoms with Crippen LogP contribution in [0.25, 0.3) is 11.0 Å². The molecule has 142 valence electrons. The molecule has 2 aliphatic rings. The number of carbonyl (C=O) groups excluding carboxylic acids is 2. The monoisotopic (exact) mass is 377 g/mol. The maximum atomic E-state index is 13.3. The Morgan fingerprint density at radius 2 is 2.07 bits per heavy atom. The first-order chi connectivity index (χ1) is 13.6. The molecule has 1 saturated heterocycles. The molecular formula is C21H19N3O4. The Balaban J connectivity index is 1.67. The molecule has 2 aromatic heterocycles. The summed E-state index contributed by atoms with van der Waals surface area (Å²) in [4.78, 5) is 33.4. The van der Waals surface area contributed by atoms with Crippen molar-refractivity contribution in [1.29, 1.82) is 0 Å². The quantitative estimate of drug-likeness (QED) is 0.538. The molecule has 2 N–H and O–H groups in total. The summed E-state index contributed by atoms with van der Waals surface area (Å²) in [6, 6.07) is 8.88. The minimum Gasteiger partial charge on any atom is -0.497 e. The van der Waals surface area contributed by atoms with Crippen LogP contribution in [0.4, 0.5) is 0 Å². The molecule has 5 rings (SSSR count). The van der Waals surface area contributed by atoms with Crippen LogP contribution in [0.15, 0.2) is 36.5 Å². The number of methoxy groups -OCH3 is 1. The first-order valence-electron chi connectivity index (χ1n) is 9.26. The normalized spacial score (nSPS) is 17.5. The molecule has 1 spiro atoms. The van der Waals surface area contributed by atoms with Gasteiger partial charge in [0.2, 0.25) is 5.78 Å². The lowest BCUT2D eigenvalue weighted by molar-refractivity contribution is -0.0242. The molecule has 0 radical (unpaired) electrons. The van der Waals surface area contributed by atoms with Gasteiger partial charge in [0, 0.05) is 35.6 Å². The van der Waals surface area contributed by atoms with Crippen LogP contribution in [0.2, 0.25) is 0 Å². The molecule has 1 aromatic carbocycles. The van der Waals surface area contributed by atoms with Gasteiger partial charge in [-0.1, -0.05) is 0 Å². The van der Waals surface area contributed by atoms with Gasteiger partial charge in [-0.05, 0) is 43.4 Å². The van der Waals surface area contributed by atoms with Crippen molar-refractivity contribution in [3.05, 3.63) is 58.9 Å². The maximum Gasteiger partial charge on any atom is 0.340 e. The number of carbonyl (C=O) groups is 2. The summed E-state index contributed by atoms with van der Waals surface area (Å²) in [6.45, 7) is 1.50. The van der Waals surface area contributed by atoms with E-state index < -0.39 is 11.6 Å². The van der Waals surface area contributed by atoms with Crippen LogP contribution in [0.1, 0.15) is 44.8 Å². The van der Waals surface area contributed by atoms with Gasteiger partial charge in [0.05, 0.1) is 18.4 Å². The zero-order valence-electron chi connectivity index (χ0n) is 15.4. The summed E-state index contributed by atoms with van der Waals surface area (Å²) >= 11 is 0. The Kier molecular flexibility index (Phi) is 3.73. The second kappa shape index (κ2) is 6.17. The van der Waals surface area contributed by atoms with Crippen LogP contribution >= 0.6 is 0 Å². The smallest absolute Gasteiger partial charge is 0.340 e. The van der Waals surface area contributed by atoms with Crippen molar-refractivity contribution < 1.29 is 19.1 Å². The Bertz CT molecular complexity index is 1080. The molecule has 0 unspecified atom stereocenters. The average Bonchev–Trinajstić information content (AvgIpc) is 3.27. The van der Waals surface area contributed by atoms with Gasteiger partial charge in [0.15, 0.2) is 0 Å². The molecule has 1 fully saturated rings. The molecule has 7 nitrogen and oxygen atoms in total. The highest BCUT2D eigenvalue weighted by Crippen LogP contribution is 2.46. The van der Waals surface area contributed by atoms with Gasteiger partial charge in [0.1, 0.15) is 17.0 Å². The number of fused-ring (bicyclic) bond motifs is 3. The zero-order valence-corrected chi connectivity index (χ0v) is 15.4. The summed E-state index contributed by atoms with van der Waals surface area (Å²) in [6.07, 6.45) is 3.00. The summed E-state index contributed by atoms with van der Waals surface area (Å²) in [5.41, 5.74) is 1.70. The van der Waals surface area contributed by atoms with Crippen molar-refractivity contribution in [1.82, 2.24) is 15.3 Å². The SMILES string of the molecule is COc1cc(C(=O)c2cc3cccnc3[nH]2)c2c(c1)C1(CCNCC1)OC2=O. The second-order valence-electron chi connectivity index (χ2n) is 7.18. The fraction of sp³-hybridized carbons (Fsp3) is 0.286. The van der Waals surface area contributed by atoms with E-state index in [0.29, 0.717) is 41.1 Å². The maximum absolute atomic E-state index is 13.3. The third-order valence-electron chi connectivity index (χ3n) is 5.62. The number of nitrogens with one attached hydrogen (secondary N) is 2. The van der Waals surface area contributed by atoms with Gasteiger partial charge >= 0.3 is 5.97 Å². The number of esters is 1. The number of nitrogens with zero attached hydrogens (tertiary/aromatic N) is 1. The van der Waals surface area contributed by atoms with Crippen molar-refractivity contribution in [2.24, 2.45) is 0 Å². The minimum atomic E-state index is -0.691. The van der Waals surface area contributed by atoms with Crippen LogP contribution in [0.3, 0.4) is 0 Å². The van der Waals surface area contributed by atoms with Gasteiger partial charge in [0.25, 0.3) is 0 Å². The molecule has 28 heavy (non-hydrogen) atoms. The molecule has 0 saturated carbocycles. The zero-order chi connectivity index (χ0) is 19.3. The molecule has 0 atom stereocenters. The lowest BCUT2D eigenvalue weighted by Crippen LogP contribution is -2.40. The van der Waals surface area contributed by atoms with Crippen molar-refractivity contribution in [2.45, 2.75) is 18.4 Å². The van der Waals surface area contributed by atoms with Crippen LogP contribution in [0.5, 0.6) is 5.75 Å². The van der Waals surface area contributed by atoms with Crippen molar-refractivity contribution in [2.75, 3.05) is 20.2 Å². The van der Waals surface area contributed by atoms with E-state index in [0.717, 1.165) is 24.0 Å². The standard InChI is InChI=1S/C21H19N3O4/c1-27-13-10-14(18(25)16-9-12-3-2-6-23-19(12)24-16)17-15(11-13)21(28-20(17)26)4-7-22-8-5-21/h2-3,6,9-11,22H,4-5,7-8H2,1H3,(H,23,24). The first kappa shape index (κ1) is 16.9. The van der Waals surface area contributed by atoms with Crippen LogP contribution in [-0.4, -0.2) is 41.9 Å². The van der Waals surface area contributed by atoms with E-state index in [2.05, 4.69) is 15.3 Å². The number of pyridine rings is 1. The Hall–Kier alpha value is -3.19. The molecular weight excluding hydrogens is 358 g/mol. The van der Waals surface area contributed by atoms with Crippen molar-refractivity contribution in [3.8, 4) is 5.75 Å². The van der Waals surface area contributed by atoms with Crippen LogP contribution < -0.4 is 10.1 Å². The number of aromatic amines is 1. The van der Waals surface area contributed by atoms with Gasteiger partial charge in [-0.25, -0.2) is 9.78 Å². The molecule has 4 heterocycles. The van der Waals surface area contributed by atoms with E-state index in [1.165, 1.54) is 0 Å². The fourth-order valence-electron chi connectivity index (χ4n) is 4.20. The van der Waals surface area contributed by atoms with Crippen LogP contribution in [0, 0.1) is 0 Å². The van der Waals surface area contributed by atoms with E-state index in [1.807, 2.05) is 18.2 Å². The average molecular weight is 377 g/mol. The van der Waals surface area contributed by atoms with Gasteiger partial charge in [-0.15, -0.1) is 0 Å². The molecule has 3 aromatic rings. The number of rotatable bonds is 3.